The van der Waals surface area contributed by atoms with E-state index in [0.717, 1.165) is 17.7 Å². The Morgan fingerprint density at radius 2 is 2.11 bits per heavy atom. The van der Waals surface area contributed by atoms with E-state index in [1.165, 1.54) is 0 Å². The number of hydrogen-bond donors (Lipinski definition) is 0. The first-order valence-corrected chi connectivity index (χ1v) is 6.77. The van der Waals surface area contributed by atoms with E-state index in [4.69, 9.17) is 34.8 Å². The molecule has 0 saturated carbocycles. The molecule has 0 amide bonds. The summed E-state index contributed by atoms with van der Waals surface area (Å²) < 4.78 is 1.71. The van der Waals surface area contributed by atoms with E-state index >= 15 is 0 Å². The van der Waals surface area contributed by atoms with Crippen molar-refractivity contribution in [1.29, 1.82) is 0 Å². The van der Waals surface area contributed by atoms with Gasteiger partial charge in [-0.2, -0.15) is 0 Å². The Bertz CT molecular complexity index is 539. The Morgan fingerprint density at radius 1 is 1.33 bits per heavy atom. The molecule has 0 aliphatic rings. The van der Waals surface area contributed by atoms with E-state index in [2.05, 4.69) is 10.3 Å². The number of benzene rings is 1. The predicted octanol–water partition coefficient (Wildman–Crippen LogP) is 4.32. The summed E-state index contributed by atoms with van der Waals surface area (Å²) >= 11 is 18.1. The molecular weight excluding hydrogens is 293 g/mol. The maximum Gasteiger partial charge on any atom is 0.101 e. The molecule has 1 atom stereocenters. The number of rotatable bonds is 4. The molecule has 1 unspecified atom stereocenters. The van der Waals surface area contributed by atoms with Crippen LogP contribution in [0.1, 0.15) is 30.0 Å². The zero-order chi connectivity index (χ0) is 13.1. The lowest BCUT2D eigenvalue weighted by atomic mass is 10.2. The highest BCUT2D eigenvalue weighted by Gasteiger charge is 2.11. The SMILES string of the molecule is CCC(Cl)c1cn(Cc2cc(Cl)ccc2Cl)nn1. The topological polar surface area (TPSA) is 30.7 Å². The number of aromatic nitrogens is 3. The molecular formula is C12H12Cl3N3. The van der Waals surface area contributed by atoms with Gasteiger partial charge in [0, 0.05) is 10.0 Å². The molecule has 0 N–H and O–H groups in total. The van der Waals surface area contributed by atoms with Gasteiger partial charge in [0.1, 0.15) is 5.69 Å². The summed E-state index contributed by atoms with van der Waals surface area (Å²) in [6.07, 6.45) is 2.65. The normalized spacial score (nSPS) is 12.7. The van der Waals surface area contributed by atoms with Crippen LogP contribution in [-0.4, -0.2) is 15.0 Å². The Labute approximate surface area is 121 Å². The molecule has 0 saturated heterocycles. The third kappa shape index (κ3) is 3.16. The van der Waals surface area contributed by atoms with Gasteiger partial charge in [0.2, 0.25) is 0 Å². The molecule has 1 aromatic carbocycles. The Kier molecular flexibility index (Phi) is 4.49. The van der Waals surface area contributed by atoms with Gasteiger partial charge < -0.3 is 0 Å². The molecule has 1 aromatic heterocycles. The smallest absolute Gasteiger partial charge is 0.101 e. The molecule has 0 aliphatic carbocycles. The summed E-state index contributed by atoms with van der Waals surface area (Å²) in [5.74, 6) is 0. The van der Waals surface area contributed by atoms with Crippen LogP contribution in [0, 0.1) is 0 Å². The zero-order valence-corrected chi connectivity index (χ0v) is 12.0. The molecule has 2 rings (SSSR count). The fraction of sp³-hybridized carbons (Fsp3) is 0.333. The van der Waals surface area contributed by atoms with Crippen molar-refractivity contribution in [3.63, 3.8) is 0 Å². The number of alkyl halides is 1. The van der Waals surface area contributed by atoms with E-state index in [9.17, 15) is 0 Å². The molecule has 18 heavy (non-hydrogen) atoms. The molecule has 96 valence electrons. The van der Waals surface area contributed by atoms with Gasteiger partial charge in [-0.15, -0.1) is 16.7 Å². The van der Waals surface area contributed by atoms with Crippen LogP contribution in [0.25, 0.3) is 0 Å². The van der Waals surface area contributed by atoms with Crippen LogP contribution in [0.15, 0.2) is 24.4 Å². The van der Waals surface area contributed by atoms with Crippen LogP contribution in [0.2, 0.25) is 10.0 Å². The summed E-state index contributed by atoms with van der Waals surface area (Å²) in [6, 6.07) is 5.35. The maximum absolute atomic E-state index is 6.10. The van der Waals surface area contributed by atoms with Crippen molar-refractivity contribution in [2.24, 2.45) is 0 Å². The maximum atomic E-state index is 6.10. The number of hydrogen-bond acceptors (Lipinski definition) is 2. The third-order valence-electron chi connectivity index (χ3n) is 2.58. The van der Waals surface area contributed by atoms with Crippen molar-refractivity contribution in [2.45, 2.75) is 25.3 Å². The lowest BCUT2D eigenvalue weighted by Crippen LogP contribution is -2.01. The Morgan fingerprint density at radius 3 is 2.83 bits per heavy atom. The molecule has 0 spiro atoms. The van der Waals surface area contributed by atoms with Gasteiger partial charge in [-0.1, -0.05) is 35.3 Å². The summed E-state index contributed by atoms with van der Waals surface area (Å²) in [7, 11) is 0. The summed E-state index contributed by atoms with van der Waals surface area (Å²) in [6.45, 7) is 2.53. The van der Waals surface area contributed by atoms with Gasteiger partial charge in [-0.25, -0.2) is 4.68 Å². The Hall–Kier alpha value is -0.770. The quantitative estimate of drug-likeness (QED) is 0.787. The minimum atomic E-state index is -0.103. The summed E-state index contributed by atoms with van der Waals surface area (Å²) in [5, 5.41) is 9.28. The number of nitrogens with zero attached hydrogens (tertiary/aromatic N) is 3. The number of halogens is 3. The van der Waals surface area contributed by atoms with Crippen molar-refractivity contribution in [2.75, 3.05) is 0 Å². The first kappa shape index (κ1) is 13.7. The van der Waals surface area contributed by atoms with Gasteiger partial charge in [0.05, 0.1) is 18.1 Å². The highest BCUT2D eigenvalue weighted by molar-refractivity contribution is 6.33. The van der Waals surface area contributed by atoms with E-state index < -0.39 is 0 Å². The van der Waals surface area contributed by atoms with Crippen molar-refractivity contribution in [3.8, 4) is 0 Å². The lowest BCUT2D eigenvalue weighted by molar-refractivity contribution is 0.649. The van der Waals surface area contributed by atoms with Crippen molar-refractivity contribution < 1.29 is 0 Å². The van der Waals surface area contributed by atoms with Gasteiger partial charge in [0.15, 0.2) is 0 Å². The Balaban J connectivity index is 2.18. The van der Waals surface area contributed by atoms with Crippen molar-refractivity contribution in [1.82, 2.24) is 15.0 Å². The van der Waals surface area contributed by atoms with Crippen LogP contribution in [0.4, 0.5) is 0 Å². The first-order chi connectivity index (χ1) is 8.60. The van der Waals surface area contributed by atoms with Crippen LogP contribution in [-0.2, 0) is 6.54 Å². The highest BCUT2D eigenvalue weighted by atomic mass is 35.5. The second kappa shape index (κ2) is 5.91. The van der Waals surface area contributed by atoms with Gasteiger partial charge >= 0.3 is 0 Å². The van der Waals surface area contributed by atoms with Gasteiger partial charge in [0.25, 0.3) is 0 Å². The van der Waals surface area contributed by atoms with Gasteiger partial charge in [-0.3, -0.25) is 0 Å². The summed E-state index contributed by atoms with van der Waals surface area (Å²) in [5.41, 5.74) is 1.68. The largest absolute Gasteiger partial charge is 0.248 e. The zero-order valence-electron chi connectivity index (χ0n) is 9.78. The second-order valence-electron chi connectivity index (χ2n) is 3.95. The molecule has 0 aliphatic heterocycles. The lowest BCUT2D eigenvalue weighted by Gasteiger charge is -2.04. The summed E-state index contributed by atoms with van der Waals surface area (Å²) in [4.78, 5) is 0. The van der Waals surface area contributed by atoms with Crippen molar-refractivity contribution in [3.05, 3.63) is 45.7 Å². The second-order valence-corrected chi connectivity index (χ2v) is 5.32. The minimum Gasteiger partial charge on any atom is -0.248 e. The van der Waals surface area contributed by atoms with Gasteiger partial charge in [-0.05, 0) is 30.2 Å². The van der Waals surface area contributed by atoms with Crippen LogP contribution >= 0.6 is 34.8 Å². The fourth-order valence-corrected chi connectivity index (χ4v) is 2.05. The fourth-order valence-electron chi connectivity index (χ4n) is 1.58. The average Bonchev–Trinajstić information content (AvgIpc) is 2.81. The minimum absolute atomic E-state index is 0.103. The van der Waals surface area contributed by atoms with E-state index in [1.54, 1.807) is 16.8 Å². The van der Waals surface area contributed by atoms with Crippen LogP contribution < -0.4 is 0 Å². The standard InChI is InChI=1S/C12H12Cl3N3/c1-2-10(14)12-7-18(17-16-12)6-8-5-9(13)3-4-11(8)15/h3-5,7,10H,2,6H2,1H3. The first-order valence-electron chi connectivity index (χ1n) is 5.58. The predicted molar refractivity (Wildman–Crippen MR) is 74.5 cm³/mol. The molecule has 1 heterocycles. The van der Waals surface area contributed by atoms with E-state index in [-0.39, 0.29) is 5.38 Å². The van der Waals surface area contributed by atoms with Crippen LogP contribution in [0.5, 0.6) is 0 Å². The highest BCUT2D eigenvalue weighted by Crippen LogP contribution is 2.23. The molecule has 0 fully saturated rings. The molecule has 0 bridgehead atoms. The molecule has 2 aromatic rings. The van der Waals surface area contributed by atoms with E-state index in [1.807, 2.05) is 19.2 Å². The molecule has 0 radical (unpaired) electrons. The van der Waals surface area contributed by atoms with Crippen LogP contribution in [0.3, 0.4) is 0 Å². The molecule has 6 heteroatoms. The molecule has 3 nitrogen and oxygen atoms in total. The monoisotopic (exact) mass is 303 g/mol. The van der Waals surface area contributed by atoms with Crippen molar-refractivity contribution >= 4 is 34.8 Å². The third-order valence-corrected chi connectivity index (χ3v) is 3.71. The van der Waals surface area contributed by atoms with E-state index in [0.29, 0.717) is 16.6 Å². The average molecular weight is 305 g/mol.